The number of hydrogen-bond donors (Lipinski definition) is 0. The molecule has 2 aromatic rings. The lowest BCUT2D eigenvalue weighted by molar-refractivity contribution is 0.0747. The van der Waals surface area contributed by atoms with Crippen molar-refractivity contribution in [2.75, 3.05) is 31.1 Å². The molecule has 1 amide bonds. The number of nitrogens with zero attached hydrogens (tertiary/aromatic N) is 4. The molecule has 0 N–H and O–H groups in total. The van der Waals surface area contributed by atoms with E-state index >= 15 is 0 Å². The third-order valence-corrected chi connectivity index (χ3v) is 4.63. The highest BCUT2D eigenvalue weighted by Gasteiger charge is 2.24. The van der Waals surface area contributed by atoms with Gasteiger partial charge in [-0.05, 0) is 39.0 Å². The standard InChI is InChI=1S/C20H22N4O/c1-14-4-6-17(7-5-14)20(25)24-10-8-23(9-11-24)19-12-15(2)22-16(3)18(19)13-21/h4-7,12H,8-11H2,1-3H3. The second-order valence-electron chi connectivity index (χ2n) is 6.50. The van der Waals surface area contributed by atoms with Crippen LogP contribution in [0.2, 0.25) is 0 Å². The van der Waals surface area contributed by atoms with Crippen molar-refractivity contribution in [1.82, 2.24) is 9.88 Å². The number of pyridine rings is 1. The van der Waals surface area contributed by atoms with E-state index in [1.54, 1.807) is 0 Å². The number of aryl methyl sites for hydroxylation is 3. The lowest BCUT2D eigenvalue weighted by atomic mass is 10.1. The summed E-state index contributed by atoms with van der Waals surface area (Å²) in [4.78, 5) is 21.1. The van der Waals surface area contributed by atoms with Gasteiger partial charge in [-0.2, -0.15) is 5.26 Å². The Kier molecular flexibility index (Phi) is 4.71. The Labute approximate surface area is 148 Å². The van der Waals surface area contributed by atoms with Gasteiger partial charge in [0.15, 0.2) is 0 Å². The van der Waals surface area contributed by atoms with Crippen LogP contribution in [-0.4, -0.2) is 42.0 Å². The van der Waals surface area contributed by atoms with E-state index in [9.17, 15) is 10.1 Å². The summed E-state index contributed by atoms with van der Waals surface area (Å²) in [7, 11) is 0. The van der Waals surface area contributed by atoms with E-state index in [1.807, 2.05) is 56.0 Å². The van der Waals surface area contributed by atoms with Crippen molar-refractivity contribution in [3.63, 3.8) is 0 Å². The van der Waals surface area contributed by atoms with Gasteiger partial charge in [-0.25, -0.2) is 0 Å². The number of aromatic nitrogens is 1. The molecule has 0 unspecified atom stereocenters. The Morgan fingerprint density at radius 3 is 2.32 bits per heavy atom. The summed E-state index contributed by atoms with van der Waals surface area (Å²) in [6, 6.07) is 11.9. The van der Waals surface area contributed by atoms with Crippen molar-refractivity contribution in [1.29, 1.82) is 5.26 Å². The Balaban J connectivity index is 1.73. The van der Waals surface area contributed by atoms with Gasteiger partial charge in [0.25, 0.3) is 5.91 Å². The molecule has 0 radical (unpaired) electrons. The zero-order valence-corrected chi connectivity index (χ0v) is 14.9. The van der Waals surface area contributed by atoms with Crippen LogP contribution in [0.1, 0.15) is 32.9 Å². The third kappa shape index (κ3) is 3.48. The smallest absolute Gasteiger partial charge is 0.253 e. The Morgan fingerprint density at radius 2 is 1.72 bits per heavy atom. The molecular weight excluding hydrogens is 312 g/mol. The molecule has 1 aliphatic rings. The first-order chi connectivity index (χ1) is 12.0. The molecule has 2 heterocycles. The molecule has 1 aliphatic heterocycles. The van der Waals surface area contributed by atoms with Gasteiger partial charge < -0.3 is 9.80 Å². The summed E-state index contributed by atoms with van der Waals surface area (Å²) in [5.41, 5.74) is 5.10. The molecule has 128 valence electrons. The number of nitriles is 1. The van der Waals surface area contributed by atoms with E-state index in [1.165, 1.54) is 0 Å². The average Bonchev–Trinajstić information content (AvgIpc) is 2.61. The van der Waals surface area contributed by atoms with E-state index in [0.29, 0.717) is 18.7 Å². The van der Waals surface area contributed by atoms with Crippen LogP contribution in [0.4, 0.5) is 5.69 Å². The zero-order chi connectivity index (χ0) is 18.0. The van der Waals surface area contributed by atoms with Gasteiger partial charge in [-0.3, -0.25) is 9.78 Å². The summed E-state index contributed by atoms with van der Waals surface area (Å²) in [6.07, 6.45) is 0. The van der Waals surface area contributed by atoms with Gasteiger partial charge in [0.05, 0.1) is 16.9 Å². The van der Waals surface area contributed by atoms with Crippen molar-refractivity contribution in [3.8, 4) is 6.07 Å². The Morgan fingerprint density at radius 1 is 1.08 bits per heavy atom. The fraction of sp³-hybridized carbons (Fsp3) is 0.350. The molecule has 0 saturated carbocycles. The number of anilines is 1. The monoisotopic (exact) mass is 334 g/mol. The number of hydrogen-bond acceptors (Lipinski definition) is 4. The normalized spacial score (nSPS) is 14.3. The van der Waals surface area contributed by atoms with Crippen LogP contribution in [0, 0.1) is 32.1 Å². The van der Waals surface area contributed by atoms with Gasteiger partial charge >= 0.3 is 0 Å². The number of piperazine rings is 1. The number of carbonyl (C=O) groups is 1. The van der Waals surface area contributed by atoms with E-state index in [4.69, 9.17) is 0 Å². The number of benzene rings is 1. The van der Waals surface area contributed by atoms with Crippen molar-refractivity contribution in [2.24, 2.45) is 0 Å². The van der Waals surface area contributed by atoms with Crippen LogP contribution in [0.3, 0.4) is 0 Å². The largest absolute Gasteiger partial charge is 0.367 e. The molecule has 1 aromatic heterocycles. The summed E-state index contributed by atoms with van der Waals surface area (Å²) < 4.78 is 0. The maximum atomic E-state index is 12.6. The Bertz CT molecular complexity index is 828. The number of amides is 1. The molecule has 0 bridgehead atoms. The highest BCUT2D eigenvalue weighted by molar-refractivity contribution is 5.94. The molecule has 1 saturated heterocycles. The van der Waals surface area contributed by atoms with E-state index < -0.39 is 0 Å². The van der Waals surface area contributed by atoms with Gasteiger partial charge in [0, 0.05) is 37.4 Å². The molecule has 0 aliphatic carbocycles. The molecule has 0 atom stereocenters. The highest BCUT2D eigenvalue weighted by atomic mass is 16.2. The maximum Gasteiger partial charge on any atom is 0.253 e. The summed E-state index contributed by atoms with van der Waals surface area (Å²) in [6.45, 7) is 8.56. The summed E-state index contributed by atoms with van der Waals surface area (Å²) >= 11 is 0. The van der Waals surface area contributed by atoms with Crippen molar-refractivity contribution in [2.45, 2.75) is 20.8 Å². The minimum atomic E-state index is 0.0715. The first kappa shape index (κ1) is 17.0. The molecule has 1 fully saturated rings. The van der Waals surface area contributed by atoms with E-state index in [0.717, 1.165) is 41.3 Å². The molecule has 5 heteroatoms. The third-order valence-electron chi connectivity index (χ3n) is 4.63. The van der Waals surface area contributed by atoms with Gasteiger partial charge in [0.2, 0.25) is 0 Å². The van der Waals surface area contributed by atoms with Gasteiger partial charge in [-0.15, -0.1) is 0 Å². The summed E-state index contributed by atoms with van der Waals surface area (Å²) in [5, 5.41) is 9.45. The molecule has 25 heavy (non-hydrogen) atoms. The quantitative estimate of drug-likeness (QED) is 0.847. The van der Waals surface area contributed by atoms with Gasteiger partial charge in [0.1, 0.15) is 6.07 Å². The molecule has 0 spiro atoms. The van der Waals surface area contributed by atoms with Crippen LogP contribution in [0.15, 0.2) is 30.3 Å². The number of carbonyl (C=O) groups excluding carboxylic acids is 1. The first-order valence-electron chi connectivity index (χ1n) is 8.49. The molecule has 5 nitrogen and oxygen atoms in total. The second-order valence-corrected chi connectivity index (χ2v) is 6.50. The van der Waals surface area contributed by atoms with Crippen LogP contribution in [-0.2, 0) is 0 Å². The maximum absolute atomic E-state index is 12.6. The van der Waals surface area contributed by atoms with E-state index in [-0.39, 0.29) is 5.91 Å². The Hall–Kier alpha value is -2.87. The topological polar surface area (TPSA) is 60.2 Å². The minimum Gasteiger partial charge on any atom is -0.367 e. The SMILES string of the molecule is Cc1ccc(C(=O)N2CCN(c3cc(C)nc(C)c3C#N)CC2)cc1. The molecule has 3 rings (SSSR count). The van der Waals surface area contributed by atoms with Crippen molar-refractivity contribution < 1.29 is 4.79 Å². The van der Waals surface area contributed by atoms with E-state index in [2.05, 4.69) is 16.0 Å². The summed E-state index contributed by atoms with van der Waals surface area (Å²) in [5.74, 6) is 0.0715. The fourth-order valence-corrected chi connectivity index (χ4v) is 3.22. The molecule has 1 aromatic carbocycles. The van der Waals surface area contributed by atoms with Crippen molar-refractivity contribution >= 4 is 11.6 Å². The predicted octanol–water partition coefficient (Wildman–Crippen LogP) is 2.84. The van der Waals surface area contributed by atoms with Gasteiger partial charge in [-0.1, -0.05) is 17.7 Å². The zero-order valence-electron chi connectivity index (χ0n) is 14.9. The lowest BCUT2D eigenvalue weighted by Gasteiger charge is -2.36. The van der Waals surface area contributed by atoms with Crippen LogP contribution in [0.25, 0.3) is 0 Å². The number of rotatable bonds is 2. The van der Waals surface area contributed by atoms with Crippen LogP contribution in [0.5, 0.6) is 0 Å². The highest BCUT2D eigenvalue weighted by Crippen LogP contribution is 2.24. The van der Waals surface area contributed by atoms with Crippen molar-refractivity contribution in [3.05, 3.63) is 58.4 Å². The van der Waals surface area contributed by atoms with Crippen LogP contribution >= 0.6 is 0 Å². The molecular formula is C20H22N4O. The minimum absolute atomic E-state index is 0.0715. The second kappa shape index (κ2) is 6.94. The first-order valence-corrected chi connectivity index (χ1v) is 8.49. The predicted molar refractivity (Wildman–Crippen MR) is 97.7 cm³/mol. The van der Waals surface area contributed by atoms with Crippen LogP contribution < -0.4 is 4.90 Å². The lowest BCUT2D eigenvalue weighted by Crippen LogP contribution is -2.49. The fourth-order valence-electron chi connectivity index (χ4n) is 3.22. The average molecular weight is 334 g/mol.